The molecular weight excluding hydrogens is 418 g/mol. The fourth-order valence-electron chi connectivity index (χ4n) is 3.27. The monoisotopic (exact) mass is 443 g/mol. The molecule has 0 radical (unpaired) electrons. The Labute approximate surface area is 181 Å². The molecule has 0 bridgehead atoms. The molecule has 2 N–H and O–H groups in total. The smallest absolute Gasteiger partial charge is 0.328 e. The summed E-state index contributed by atoms with van der Waals surface area (Å²) < 4.78 is 31.7. The number of nitrogens with one attached hydrogen (secondary N) is 2. The molecular formula is C22H25N3O5S. The molecule has 2 atom stereocenters. The molecule has 8 nitrogen and oxygen atoms in total. The average Bonchev–Trinajstić information content (AvgIpc) is 3.03. The first-order chi connectivity index (χ1) is 14.8. The molecule has 1 amide bonds. The lowest BCUT2D eigenvalue weighted by molar-refractivity contribution is -0.153. The molecule has 31 heavy (non-hydrogen) atoms. The lowest BCUT2D eigenvalue weighted by Crippen LogP contribution is -2.38. The van der Waals surface area contributed by atoms with Gasteiger partial charge < -0.3 is 10.1 Å². The highest BCUT2D eigenvalue weighted by atomic mass is 32.2. The molecule has 3 rings (SSSR count). The zero-order valence-corrected chi connectivity index (χ0v) is 18.2. The number of rotatable bonds is 8. The summed E-state index contributed by atoms with van der Waals surface area (Å²) in [5.41, 5.74) is 1.38. The molecule has 164 valence electrons. The van der Waals surface area contributed by atoms with E-state index in [0.29, 0.717) is 5.56 Å². The lowest BCUT2D eigenvalue weighted by atomic mass is 10.0. The van der Waals surface area contributed by atoms with Crippen molar-refractivity contribution in [1.82, 2.24) is 10.0 Å². The summed E-state index contributed by atoms with van der Waals surface area (Å²) in [5.74, 6) is -1.06. The third-order valence-electron chi connectivity index (χ3n) is 4.80. The number of nitrogens with zero attached hydrogens (tertiary/aromatic N) is 1. The minimum absolute atomic E-state index is 0.0803. The van der Waals surface area contributed by atoms with Crippen LogP contribution in [-0.2, 0) is 24.3 Å². The van der Waals surface area contributed by atoms with Crippen molar-refractivity contribution >= 4 is 27.7 Å². The van der Waals surface area contributed by atoms with E-state index in [1.54, 1.807) is 18.2 Å². The van der Waals surface area contributed by atoms with Gasteiger partial charge in [-0.05, 0) is 31.0 Å². The number of carbonyl (C=O) groups is 2. The zero-order chi connectivity index (χ0) is 22.4. The number of sulfonamides is 1. The van der Waals surface area contributed by atoms with E-state index >= 15 is 0 Å². The quantitative estimate of drug-likeness (QED) is 0.608. The van der Waals surface area contributed by atoms with E-state index in [1.165, 1.54) is 13.0 Å². The number of ether oxygens (including phenoxy) is 1. The SMILES string of the molecule is CCCC(NC(=O)C(C)OC(=O)CN=C1NS(=O)(=O)c2ccccc21)c1ccccc1. The van der Waals surface area contributed by atoms with Gasteiger partial charge in [-0.25, -0.2) is 8.42 Å². The Morgan fingerprint density at radius 1 is 1.10 bits per heavy atom. The summed E-state index contributed by atoms with van der Waals surface area (Å²) in [7, 11) is -3.68. The van der Waals surface area contributed by atoms with E-state index in [4.69, 9.17) is 4.74 Å². The molecule has 0 saturated heterocycles. The van der Waals surface area contributed by atoms with Crippen molar-refractivity contribution in [3.8, 4) is 0 Å². The maximum absolute atomic E-state index is 12.5. The van der Waals surface area contributed by atoms with Gasteiger partial charge in [0.15, 0.2) is 6.10 Å². The minimum atomic E-state index is -3.68. The van der Waals surface area contributed by atoms with Crippen LogP contribution >= 0.6 is 0 Å². The average molecular weight is 444 g/mol. The predicted molar refractivity (Wildman–Crippen MR) is 116 cm³/mol. The number of esters is 1. The fourth-order valence-corrected chi connectivity index (χ4v) is 4.52. The predicted octanol–water partition coefficient (Wildman–Crippen LogP) is 2.31. The van der Waals surface area contributed by atoms with E-state index in [0.717, 1.165) is 18.4 Å². The highest BCUT2D eigenvalue weighted by molar-refractivity contribution is 7.90. The molecule has 1 heterocycles. The zero-order valence-electron chi connectivity index (χ0n) is 17.4. The number of hydrogen-bond acceptors (Lipinski definition) is 6. The highest BCUT2D eigenvalue weighted by Crippen LogP contribution is 2.22. The topological polar surface area (TPSA) is 114 Å². The second-order valence-electron chi connectivity index (χ2n) is 7.16. The van der Waals surface area contributed by atoms with E-state index < -0.39 is 34.5 Å². The first-order valence-electron chi connectivity index (χ1n) is 10.0. The molecule has 1 aliphatic heterocycles. The molecule has 0 saturated carbocycles. The van der Waals surface area contributed by atoms with E-state index in [-0.39, 0.29) is 16.8 Å². The van der Waals surface area contributed by atoms with E-state index in [9.17, 15) is 18.0 Å². The highest BCUT2D eigenvalue weighted by Gasteiger charge is 2.30. The first kappa shape index (κ1) is 22.5. The first-order valence-corrected chi connectivity index (χ1v) is 11.5. The van der Waals surface area contributed by atoms with Crippen LogP contribution in [0.5, 0.6) is 0 Å². The van der Waals surface area contributed by atoms with Gasteiger partial charge >= 0.3 is 5.97 Å². The van der Waals surface area contributed by atoms with Crippen molar-refractivity contribution in [2.75, 3.05) is 6.54 Å². The number of benzene rings is 2. The number of aliphatic imine (C=N–C) groups is 1. The van der Waals surface area contributed by atoms with Gasteiger partial charge in [0.25, 0.3) is 15.9 Å². The maximum atomic E-state index is 12.5. The van der Waals surface area contributed by atoms with Gasteiger partial charge in [0.05, 0.1) is 10.9 Å². The van der Waals surface area contributed by atoms with Crippen LogP contribution in [0.4, 0.5) is 0 Å². The normalized spacial score (nSPS) is 17.3. The van der Waals surface area contributed by atoms with Crippen LogP contribution in [0.2, 0.25) is 0 Å². The summed E-state index contributed by atoms with van der Waals surface area (Å²) >= 11 is 0. The summed E-state index contributed by atoms with van der Waals surface area (Å²) in [4.78, 5) is 28.9. The Morgan fingerprint density at radius 3 is 2.48 bits per heavy atom. The summed E-state index contributed by atoms with van der Waals surface area (Å²) in [6.07, 6.45) is 0.621. The molecule has 0 aromatic heterocycles. The van der Waals surface area contributed by atoms with Crippen molar-refractivity contribution < 1.29 is 22.7 Å². The third kappa shape index (κ3) is 5.49. The standard InChI is InChI=1S/C22H25N3O5S/c1-3-9-18(16-10-5-4-6-11-16)24-22(27)15(2)30-20(26)14-23-21-17-12-7-8-13-19(17)31(28,29)25-21/h4-8,10-13,15,18H,3,9,14H2,1-2H3,(H,23,25)(H,24,27). The van der Waals surface area contributed by atoms with Gasteiger partial charge in [0.2, 0.25) is 0 Å². The van der Waals surface area contributed by atoms with Crippen LogP contribution in [0.3, 0.4) is 0 Å². The maximum Gasteiger partial charge on any atom is 0.328 e. The lowest BCUT2D eigenvalue weighted by Gasteiger charge is -2.21. The van der Waals surface area contributed by atoms with Crippen molar-refractivity contribution in [1.29, 1.82) is 0 Å². The van der Waals surface area contributed by atoms with E-state index in [2.05, 4.69) is 15.0 Å². The van der Waals surface area contributed by atoms with Gasteiger partial charge in [0, 0.05) is 5.56 Å². The fraction of sp³-hybridized carbons (Fsp3) is 0.318. The third-order valence-corrected chi connectivity index (χ3v) is 6.20. The van der Waals surface area contributed by atoms with Crippen LogP contribution in [0.1, 0.15) is 43.9 Å². The van der Waals surface area contributed by atoms with Gasteiger partial charge in [-0.3, -0.25) is 19.3 Å². The van der Waals surface area contributed by atoms with E-state index in [1.807, 2.05) is 37.3 Å². The second kappa shape index (κ2) is 9.74. The molecule has 0 spiro atoms. The molecule has 1 aliphatic rings. The van der Waals surface area contributed by atoms with Crippen LogP contribution in [0.25, 0.3) is 0 Å². The molecule has 2 aromatic rings. The van der Waals surface area contributed by atoms with Crippen LogP contribution in [0.15, 0.2) is 64.5 Å². The number of carbonyl (C=O) groups excluding carboxylic acids is 2. The van der Waals surface area contributed by atoms with Crippen LogP contribution in [0, 0.1) is 0 Å². The number of fused-ring (bicyclic) bond motifs is 1. The number of hydrogen-bond donors (Lipinski definition) is 2. The molecule has 2 unspecified atom stereocenters. The summed E-state index contributed by atoms with van der Waals surface area (Å²) in [6.45, 7) is 3.10. The Balaban J connectivity index is 1.59. The van der Waals surface area contributed by atoms with Crippen molar-refractivity contribution in [3.05, 3.63) is 65.7 Å². The largest absolute Gasteiger partial charge is 0.451 e. The van der Waals surface area contributed by atoms with Gasteiger partial charge in [-0.1, -0.05) is 55.8 Å². The minimum Gasteiger partial charge on any atom is -0.451 e. The van der Waals surface area contributed by atoms with Gasteiger partial charge in [-0.15, -0.1) is 0 Å². The van der Waals surface area contributed by atoms with Gasteiger partial charge in [-0.2, -0.15) is 0 Å². The molecule has 9 heteroatoms. The molecule has 0 aliphatic carbocycles. The summed E-state index contributed by atoms with van der Waals surface area (Å²) in [5, 5.41) is 2.92. The Kier molecular flexibility index (Phi) is 7.06. The molecule has 0 fully saturated rings. The van der Waals surface area contributed by atoms with Crippen molar-refractivity contribution in [2.45, 2.75) is 43.7 Å². The number of amides is 1. The Hall–Kier alpha value is -3.20. The second-order valence-corrected chi connectivity index (χ2v) is 8.81. The number of amidine groups is 1. The van der Waals surface area contributed by atoms with Crippen molar-refractivity contribution in [3.63, 3.8) is 0 Å². The van der Waals surface area contributed by atoms with Crippen LogP contribution in [-0.4, -0.2) is 38.8 Å². The summed E-state index contributed by atoms with van der Waals surface area (Å²) in [6, 6.07) is 15.8. The van der Waals surface area contributed by atoms with Crippen molar-refractivity contribution in [2.24, 2.45) is 4.99 Å². The van der Waals surface area contributed by atoms with Gasteiger partial charge in [0.1, 0.15) is 12.4 Å². The Morgan fingerprint density at radius 2 is 1.77 bits per heavy atom. The molecule has 2 aromatic carbocycles. The Bertz CT molecular complexity index is 1080. The van der Waals surface area contributed by atoms with Crippen LogP contribution < -0.4 is 10.0 Å².